The lowest BCUT2D eigenvalue weighted by atomic mass is 10.1. The third-order valence-electron chi connectivity index (χ3n) is 4.54. The van der Waals surface area contributed by atoms with Gasteiger partial charge in [0.05, 0.1) is 41.9 Å². The number of aromatic nitrogens is 2. The second-order valence-corrected chi connectivity index (χ2v) is 8.10. The predicted octanol–water partition coefficient (Wildman–Crippen LogP) is 2.61. The van der Waals surface area contributed by atoms with E-state index in [0.29, 0.717) is 9.09 Å². The van der Waals surface area contributed by atoms with Crippen LogP contribution in [0.15, 0.2) is 30.6 Å². The highest BCUT2D eigenvalue weighted by molar-refractivity contribution is 14.1. The van der Waals surface area contributed by atoms with Crippen molar-refractivity contribution in [3.05, 3.63) is 51.4 Å². The van der Waals surface area contributed by atoms with Gasteiger partial charge in [-0.25, -0.2) is 13.8 Å². The van der Waals surface area contributed by atoms with E-state index in [2.05, 4.69) is 20.9 Å². The Morgan fingerprint density at radius 1 is 1.15 bits per heavy atom. The maximum Gasteiger partial charge on any atom is 0.325 e. The number of hydrogen-bond acceptors (Lipinski definition) is 6. The van der Waals surface area contributed by atoms with Gasteiger partial charge in [-0.05, 0) is 53.8 Å². The number of imidazole rings is 1. The van der Waals surface area contributed by atoms with Crippen LogP contribution in [0.2, 0.25) is 0 Å². The van der Waals surface area contributed by atoms with Gasteiger partial charge in [-0.2, -0.15) is 0 Å². The number of halogens is 3. The summed E-state index contributed by atoms with van der Waals surface area (Å²) in [5.41, 5.74) is -0.149. The van der Waals surface area contributed by atoms with Crippen molar-refractivity contribution in [1.82, 2.24) is 20.2 Å². The number of nitrogens with zero attached hydrogens (tertiary/aromatic N) is 2. The Kier molecular flexibility index (Phi) is 7.79. The van der Waals surface area contributed by atoms with Crippen LogP contribution in [0.25, 0.3) is 11.0 Å². The number of carbonyl (C=O) groups excluding carboxylic acids is 3. The van der Waals surface area contributed by atoms with Crippen molar-refractivity contribution in [1.29, 1.82) is 0 Å². The lowest BCUT2D eigenvalue weighted by molar-refractivity contribution is -0.143. The molecule has 33 heavy (non-hydrogen) atoms. The van der Waals surface area contributed by atoms with Crippen LogP contribution in [0.5, 0.6) is 0 Å². The van der Waals surface area contributed by atoms with Gasteiger partial charge in [0, 0.05) is 10.6 Å². The third-order valence-corrected chi connectivity index (χ3v) is 5.21. The Hall–Kier alpha value is -3.29. The molecule has 0 aliphatic rings. The van der Waals surface area contributed by atoms with Crippen molar-refractivity contribution in [2.75, 3.05) is 25.0 Å². The minimum Gasteiger partial charge on any atom is -0.465 e. The zero-order chi connectivity index (χ0) is 24.1. The number of rotatable bonds is 8. The van der Waals surface area contributed by atoms with Gasteiger partial charge in [-0.15, -0.1) is 0 Å². The highest BCUT2D eigenvalue weighted by atomic mass is 127. The number of aryl methyl sites for hydroxylation is 1. The van der Waals surface area contributed by atoms with Crippen LogP contribution >= 0.6 is 22.6 Å². The summed E-state index contributed by atoms with van der Waals surface area (Å²) < 4.78 is 36.6. The molecular weight excluding hydrogens is 551 g/mol. The lowest BCUT2D eigenvalue weighted by Gasteiger charge is -2.15. The largest absolute Gasteiger partial charge is 0.465 e. The Labute approximate surface area is 201 Å². The molecule has 0 aliphatic heterocycles. The van der Waals surface area contributed by atoms with Crippen molar-refractivity contribution in [2.45, 2.75) is 6.92 Å². The first kappa shape index (κ1) is 24.4. The minimum absolute atomic E-state index is 0.00495. The molecule has 0 fully saturated rings. The van der Waals surface area contributed by atoms with E-state index in [1.807, 2.05) is 22.6 Å². The number of nitrogens with one attached hydrogen (secondary N) is 3. The fourth-order valence-corrected chi connectivity index (χ4v) is 3.41. The Balaban J connectivity index is 1.86. The molecule has 9 nitrogen and oxygen atoms in total. The topological polar surface area (TPSA) is 114 Å². The maximum atomic E-state index is 15.3. The molecule has 0 saturated heterocycles. The zero-order valence-corrected chi connectivity index (χ0v) is 19.8. The van der Waals surface area contributed by atoms with Crippen molar-refractivity contribution in [2.24, 2.45) is 7.05 Å². The van der Waals surface area contributed by atoms with Gasteiger partial charge >= 0.3 is 5.97 Å². The van der Waals surface area contributed by atoms with Crippen LogP contribution in [-0.4, -0.2) is 47.0 Å². The van der Waals surface area contributed by atoms with Crippen LogP contribution in [0.3, 0.4) is 0 Å². The standard InChI is InChI=1S/C21H20F2IN5O4/c1-3-33-17(31)9-25-16(30)8-26-21(32)12-7-15-20(27-10-29(15)2)18(23)19(12)28-14-5-4-11(24)6-13(14)22/h4-7,10,28H,3,8-9H2,1-2H3,(H,25,30)(H,26,32). The number of ether oxygens (including phenoxy) is 1. The summed E-state index contributed by atoms with van der Waals surface area (Å²) in [5, 5.41) is 7.31. The summed E-state index contributed by atoms with van der Waals surface area (Å²) in [5.74, 6) is -3.52. The molecule has 3 aromatic rings. The van der Waals surface area contributed by atoms with Gasteiger partial charge in [-0.1, -0.05) is 0 Å². The fraction of sp³-hybridized carbons (Fsp3) is 0.238. The van der Waals surface area contributed by atoms with E-state index in [4.69, 9.17) is 4.74 Å². The Morgan fingerprint density at radius 2 is 1.91 bits per heavy atom. The lowest BCUT2D eigenvalue weighted by Crippen LogP contribution is -2.39. The number of esters is 1. The Bertz CT molecular complexity index is 1230. The van der Waals surface area contributed by atoms with Gasteiger partial charge in [0.25, 0.3) is 5.91 Å². The predicted molar refractivity (Wildman–Crippen MR) is 125 cm³/mol. The summed E-state index contributed by atoms with van der Waals surface area (Å²) >= 11 is 1.94. The summed E-state index contributed by atoms with van der Waals surface area (Å²) in [7, 11) is 1.63. The van der Waals surface area contributed by atoms with Gasteiger partial charge in [0.15, 0.2) is 5.82 Å². The van der Waals surface area contributed by atoms with Gasteiger partial charge < -0.3 is 25.3 Å². The van der Waals surface area contributed by atoms with E-state index in [1.165, 1.54) is 29.1 Å². The fourth-order valence-electron chi connectivity index (χ4n) is 2.95. The van der Waals surface area contributed by atoms with Gasteiger partial charge in [-0.3, -0.25) is 14.4 Å². The van der Waals surface area contributed by atoms with Crippen molar-refractivity contribution >= 4 is 62.8 Å². The summed E-state index contributed by atoms with van der Waals surface area (Å²) in [4.78, 5) is 40.1. The molecule has 0 bridgehead atoms. The SMILES string of the molecule is CCOC(=O)CNC(=O)CNC(=O)c1cc2c(ncn2C)c(F)c1Nc1ccc(I)cc1F. The van der Waals surface area contributed by atoms with Crippen molar-refractivity contribution < 1.29 is 27.9 Å². The second kappa shape index (κ2) is 10.6. The first-order valence-electron chi connectivity index (χ1n) is 9.77. The van der Waals surface area contributed by atoms with Crippen LogP contribution < -0.4 is 16.0 Å². The molecule has 174 valence electrons. The number of fused-ring (bicyclic) bond motifs is 1. The summed E-state index contributed by atoms with van der Waals surface area (Å²) in [6, 6.07) is 5.69. The van der Waals surface area contributed by atoms with Crippen LogP contribution in [0.4, 0.5) is 20.2 Å². The molecule has 3 rings (SSSR count). The van der Waals surface area contributed by atoms with Crippen LogP contribution in [0, 0.1) is 15.2 Å². The first-order chi connectivity index (χ1) is 15.7. The summed E-state index contributed by atoms with van der Waals surface area (Å²) in [6.07, 6.45) is 1.38. The quantitative estimate of drug-likeness (QED) is 0.283. The monoisotopic (exact) mass is 571 g/mol. The molecule has 2 amide bonds. The molecule has 0 saturated carbocycles. The van der Waals surface area contributed by atoms with Crippen molar-refractivity contribution in [3.8, 4) is 0 Å². The average Bonchev–Trinajstić information content (AvgIpc) is 3.15. The minimum atomic E-state index is -0.844. The average molecular weight is 571 g/mol. The highest BCUT2D eigenvalue weighted by Crippen LogP contribution is 2.31. The molecule has 0 aliphatic carbocycles. The second-order valence-electron chi connectivity index (χ2n) is 6.85. The smallest absolute Gasteiger partial charge is 0.325 e. The normalized spacial score (nSPS) is 10.7. The highest BCUT2D eigenvalue weighted by Gasteiger charge is 2.22. The van der Waals surface area contributed by atoms with E-state index >= 15 is 4.39 Å². The summed E-state index contributed by atoms with van der Waals surface area (Å²) in [6.45, 7) is 0.980. The van der Waals surface area contributed by atoms with E-state index < -0.39 is 36.0 Å². The first-order valence-corrected chi connectivity index (χ1v) is 10.8. The number of anilines is 2. The molecule has 3 N–H and O–H groups in total. The zero-order valence-electron chi connectivity index (χ0n) is 17.7. The number of amides is 2. The molecule has 1 heterocycles. The molecule has 1 aromatic heterocycles. The van der Waals surface area contributed by atoms with E-state index in [1.54, 1.807) is 20.0 Å². The number of carbonyl (C=O) groups is 3. The van der Waals surface area contributed by atoms with Crippen LogP contribution in [-0.2, 0) is 21.4 Å². The van der Waals surface area contributed by atoms with Gasteiger partial charge in [0.1, 0.15) is 17.9 Å². The molecule has 0 radical (unpaired) electrons. The molecule has 2 aromatic carbocycles. The van der Waals surface area contributed by atoms with Gasteiger partial charge in [0.2, 0.25) is 5.91 Å². The molecule has 0 atom stereocenters. The molecule has 0 spiro atoms. The molecule has 0 unspecified atom stereocenters. The maximum absolute atomic E-state index is 15.3. The van der Waals surface area contributed by atoms with E-state index in [-0.39, 0.29) is 35.6 Å². The molecular formula is C21H20F2IN5O4. The Morgan fingerprint density at radius 3 is 2.61 bits per heavy atom. The van der Waals surface area contributed by atoms with E-state index in [9.17, 15) is 18.8 Å². The number of hydrogen-bond donors (Lipinski definition) is 3. The number of benzene rings is 2. The molecule has 12 heteroatoms. The van der Waals surface area contributed by atoms with Crippen molar-refractivity contribution in [3.63, 3.8) is 0 Å². The van der Waals surface area contributed by atoms with E-state index in [0.717, 1.165) is 0 Å². The van der Waals surface area contributed by atoms with Crippen LogP contribution in [0.1, 0.15) is 17.3 Å². The third kappa shape index (κ3) is 5.74.